The molecule has 0 aliphatic heterocycles. The van der Waals surface area contributed by atoms with Crippen molar-refractivity contribution in [2.45, 2.75) is 18.9 Å². The first-order valence-corrected chi connectivity index (χ1v) is 5.25. The van der Waals surface area contributed by atoms with Crippen LogP contribution in [0.3, 0.4) is 0 Å². The number of nitrogens with two attached hydrogens (primary N) is 1. The second-order valence-corrected chi connectivity index (χ2v) is 4.40. The topological polar surface area (TPSA) is 38.0 Å². The molecule has 66 valence electrons. The van der Waals surface area contributed by atoms with E-state index in [9.17, 15) is 0 Å². The summed E-state index contributed by atoms with van der Waals surface area (Å²) in [6.07, 6.45) is 2.39. The quantitative estimate of drug-likeness (QED) is 0.749. The van der Waals surface area contributed by atoms with E-state index in [1.54, 1.807) is 11.3 Å². The Kier molecular flexibility index (Phi) is 2.33. The first-order valence-electron chi connectivity index (χ1n) is 4.37. The van der Waals surface area contributed by atoms with Gasteiger partial charge in [0.1, 0.15) is 0 Å². The summed E-state index contributed by atoms with van der Waals surface area (Å²) < 4.78 is 0. The van der Waals surface area contributed by atoms with Crippen LogP contribution < -0.4 is 11.1 Å². The first-order chi connectivity index (χ1) is 5.84. The lowest BCUT2D eigenvalue weighted by atomic mass is 9.81. The van der Waals surface area contributed by atoms with Crippen LogP contribution in [0.4, 0.5) is 5.00 Å². The van der Waals surface area contributed by atoms with Crippen molar-refractivity contribution in [3.63, 3.8) is 0 Å². The number of hydrogen-bond acceptors (Lipinski definition) is 3. The van der Waals surface area contributed by atoms with Crippen LogP contribution in [0.1, 0.15) is 12.8 Å². The van der Waals surface area contributed by atoms with Gasteiger partial charge in [0.05, 0.1) is 5.00 Å². The average Bonchev–Trinajstić information content (AvgIpc) is 2.47. The highest BCUT2D eigenvalue weighted by Gasteiger charge is 2.25. The van der Waals surface area contributed by atoms with Crippen molar-refractivity contribution in [1.29, 1.82) is 0 Å². The number of hydrogen-bond donors (Lipinski definition) is 2. The van der Waals surface area contributed by atoms with E-state index in [0.717, 1.165) is 12.5 Å². The van der Waals surface area contributed by atoms with Crippen LogP contribution in [0.15, 0.2) is 17.5 Å². The Labute approximate surface area is 76.8 Å². The molecule has 1 saturated carbocycles. The third-order valence-corrected chi connectivity index (χ3v) is 3.19. The van der Waals surface area contributed by atoms with Crippen molar-refractivity contribution in [3.8, 4) is 0 Å². The summed E-state index contributed by atoms with van der Waals surface area (Å²) in [6, 6.07) is 4.66. The third-order valence-electron chi connectivity index (χ3n) is 2.36. The van der Waals surface area contributed by atoms with Crippen molar-refractivity contribution >= 4 is 16.3 Å². The lowest BCUT2D eigenvalue weighted by molar-refractivity contribution is 0.280. The molecule has 2 rings (SSSR count). The summed E-state index contributed by atoms with van der Waals surface area (Å²) in [6.45, 7) is 1.09. The fourth-order valence-corrected chi connectivity index (χ4v) is 2.21. The molecule has 0 radical (unpaired) electrons. The standard InChI is InChI=1S/C9H14N2S/c10-8-4-7(5-8)6-11-9-2-1-3-12-9/h1-3,7-8,11H,4-6,10H2. The van der Waals surface area contributed by atoms with Gasteiger partial charge in [0, 0.05) is 12.6 Å². The number of nitrogens with one attached hydrogen (secondary N) is 1. The van der Waals surface area contributed by atoms with Gasteiger partial charge >= 0.3 is 0 Å². The maximum absolute atomic E-state index is 5.69. The highest BCUT2D eigenvalue weighted by molar-refractivity contribution is 7.14. The summed E-state index contributed by atoms with van der Waals surface area (Å²) in [5.41, 5.74) is 5.69. The predicted octanol–water partition coefficient (Wildman–Crippen LogP) is 1.90. The van der Waals surface area contributed by atoms with E-state index in [1.165, 1.54) is 17.8 Å². The molecule has 1 heterocycles. The fraction of sp³-hybridized carbons (Fsp3) is 0.556. The Hall–Kier alpha value is -0.540. The summed E-state index contributed by atoms with van der Waals surface area (Å²) in [5.74, 6) is 0.807. The Morgan fingerprint density at radius 1 is 1.58 bits per heavy atom. The first kappa shape index (κ1) is 8.08. The van der Waals surface area contributed by atoms with E-state index in [0.29, 0.717) is 6.04 Å². The highest BCUT2D eigenvalue weighted by atomic mass is 32.1. The molecule has 0 bridgehead atoms. The summed E-state index contributed by atoms with van der Waals surface area (Å²) in [5, 5.41) is 6.78. The maximum Gasteiger partial charge on any atom is 0.0882 e. The SMILES string of the molecule is NC1CC(CNc2cccs2)C1. The Bertz CT molecular complexity index is 227. The molecule has 1 aliphatic carbocycles. The van der Waals surface area contributed by atoms with Crippen LogP contribution in [0, 0.1) is 5.92 Å². The molecular formula is C9H14N2S. The molecular weight excluding hydrogens is 168 g/mol. The molecule has 1 aromatic rings. The molecule has 3 N–H and O–H groups in total. The van der Waals surface area contributed by atoms with Gasteiger partial charge in [-0.05, 0) is 36.3 Å². The molecule has 12 heavy (non-hydrogen) atoms. The Balaban J connectivity index is 1.70. The Morgan fingerprint density at radius 2 is 2.42 bits per heavy atom. The Morgan fingerprint density at radius 3 is 3.00 bits per heavy atom. The van der Waals surface area contributed by atoms with E-state index in [4.69, 9.17) is 5.73 Å². The molecule has 0 amide bonds. The van der Waals surface area contributed by atoms with Gasteiger partial charge in [-0.15, -0.1) is 11.3 Å². The lowest BCUT2D eigenvalue weighted by Gasteiger charge is -2.32. The van der Waals surface area contributed by atoms with Gasteiger partial charge in [-0.1, -0.05) is 0 Å². The van der Waals surface area contributed by atoms with E-state index < -0.39 is 0 Å². The second kappa shape index (κ2) is 3.46. The van der Waals surface area contributed by atoms with Crippen molar-refractivity contribution in [2.24, 2.45) is 11.7 Å². The molecule has 1 fully saturated rings. The van der Waals surface area contributed by atoms with Crippen LogP contribution in [-0.2, 0) is 0 Å². The largest absolute Gasteiger partial charge is 0.377 e. The third kappa shape index (κ3) is 1.79. The molecule has 0 saturated heterocycles. The summed E-state index contributed by atoms with van der Waals surface area (Å²) >= 11 is 1.76. The van der Waals surface area contributed by atoms with Gasteiger partial charge in [0.15, 0.2) is 0 Å². The van der Waals surface area contributed by atoms with Gasteiger partial charge in [0.2, 0.25) is 0 Å². The number of rotatable bonds is 3. The van der Waals surface area contributed by atoms with Gasteiger partial charge < -0.3 is 11.1 Å². The van der Waals surface area contributed by atoms with E-state index in [2.05, 4.69) is 22.8 Å². The van der Waals surface area contributed by atoms with Gasteiger partial charge in [0.25, 0.3) is 0 Å². The maximum atomic E-state index is 5.69. The number of anilines is 1. The summed E-state index contributed by atoms with van der Waals surface area (Å²) in [7, 11) is 0. The zero-order chi connectivity index (χ0) is 8.39. The monoisotopic (exact) mass is 182 g/mol. The zero-order valence-electron chi connectivity index (χ0n) is 6.99. The van der Waals surface area contributed by atoms with Gasteiger partial charge in [-0.2, -0.15) is 0 Å². The zero-order valence-corrected chi connectivity index (χ0v) is 7.81. The molecule has 0 aromatic carbocycles. The molecule has 1 aromatic heterocycles. The van der Waals surface area contributed by atoms with Crippen molar-refractivity contribution in [1.82, 2.24) is 0 Å². The predicted molar refractivity (Wildman–Crippen MR) is 53.5 cm³/mol. The molecule has 3 heteroatoms. The van der Waals surface area contributed by atoms with Gasteiger partial charge in [-0.3, -0.25) is 0 Å². The highest BCUT2D eigenvalue weighted by Crippen LogP contribution is 2.26. The van der Waals surface area contributed by atoms with Crippen molar-refractivity contribution in [3.05, 3.63) is 17.5 Å². The normalized spacial score (nSPS) is 28.1. The lowest BCUT2D eigenvalue weighted by Crippen LogP contribution is -2.39. The van der Waals surface area contributed by atoms with Crippen LogP contribution in [-0.4, -0.2) is 12.6 Å². The van der Waals surface area contributed by atoms with E-state index in [-0.39, 0.29) is 0 Å². The van der Waals surface area contributed by atoms with E-state index >= 15 is 0 Å². The van der Waals surface area contributed by atoms with Gasteiger partial charge in [-0.25, -0.2) is 0 Å². The van der Waals surface area contributed by atoms with E-state index in [1.807, 2.05) is 0 Å². The minimum atomic E-state index is 0.472. The van der Waals surface area contributed by atoms with Crippen LogP contribution in [0.25, 0.3) is 0 Å². The summed E-state index contributed by atoms with van der Waals surface area (Å²) in [4.78, 5) is 0. The van der Waals surface area contributed by atoms with Crippen molar-refractivity contribution < 1.29 is 0 Å². The molecule has 0 spiro atoms. The molecule has 0 atom stereocenters. The van der Waals surface area contributed by atoms with Crippen molar-refractivity contribution in [2.75, 3.05) is 11.9 Å². The van der Waals surface area contributed by atoms with Crippen LogP contribution in [0.5, 0.6) is 0 Å². The number of thiophene rings is 1. The minimum Gasteiger partial charge on any atom is -0.377 e. The fourth-order valence-electron chi connectivity index (χ4n) is 1.58. The molecule has 0 unspecified atom stereocenters. The minimum absolute atomic E-state index is 0.472. The smallest absolute Gasteiger partial charge is 0.0882 e. The molecule has 1 aliphatic rings. The van der Waals surface area contributed by atoms with Crippen LogP contribution >= 0.6 is 11.3 Å². The second-order valence-electron chi connectivity index (χ2n) is 3.46. The average molecular weight is 182 g/mol. The molecule has 2 nitrogen and oxygen atoms in total. The van der Waals surface area contributed by atoms with Crippen LogP contribution in [0.2, 0.25) is 0 Å².